The molecule has 0 bridgehead atoms. The van der Waals surface area contributed by atoms with Crippen LogP contribution >= 0.6 is 11.8 Å². The van der Waals surface area contributed by atoms with E-state index in [1.807, 2.05) is 92.7 Å². The van der Waals surface area contributed by atoms with E-state index in [9.17, 15) is 4.79 Å². The van der Waals surface area contributed by atoms with E-state index in [1.54, 1.807) is 0 Å². The zero-order chi connectivity index (χ0) is 22.8. The first-order chi connectivity index (χ1) is 16.0. The SMILES string of the molecule is Cc1ccc(-c2cc(-c3ccc(C)cc3)nc(NC(=O)Sc3nc4ccccc4[nH]3)n2)cc1. The van der Waals surface area contributed by atoms with Crippen LogP contribution in [0.4, 0.5) is 10.7 Å². The number of anilines is 1. The molecule has 0 atom stereocenters. The van der Waals surface area contributed by atoms with E-state index in [2.05, 4.69) is 25.3 Å². The number of aromatic amines is 1. The zero-order valence-corrected chi connectivity index (χ0v) is 19.0. The second-order valence-corrected chi connectivity index (χ2v) is 8.73. The monoisotopic (exact) mass is 451 g/mol. The number of carbonyl (C=O) groups excluding carboxylic acids is 1. The fraction of sp³-hybridized carbons (Fsp3) is 0.0769. The number of fused-ring (bicyclic) bond motifs is 1. The number of thioether (sulfide) groups is 1. The van der Waals surface area contributed by atoms with Crippen LogP contribution in [0.1, 0.15) is 11.1 Å². The number of hydrogen-bond acceptors (Lipinski definition) is 5. The van der Waals surface area contributed by atoms with E-state index in [-0.39, 0.29) is 11.2 Å². The predicted octanol–water partition coefficient (Wildman–Crippen LogP) is 6.63. The number of nitrogens with one attached hydrogen (secondary N) is 2. The van der Waals surface area contributed by atoms with Crippen molar-refractivity contribution < 1.29 is 4.79 Å². The van der Waals surface area contributed by atoms with Gasteiger partial charge < -0.3 is 4.98 Å². The lowest BCUT2D eigenvalue weighted by atomic mass is 10.1. The smallest absolute Gasteiger partial charge is 0.293 e. The van der Waals surface area contributed by atoms with E-state index >= 15 is 0 Å². The lowest BCUT2D eigenvalue weighted by Crippen LogP contribution is -2.09. The molecular formula is C26H21N5OS. The molecule has 2 heterocycles. The van der Waals surface area contributed by atoms with Crippen molar-refractivity contribution in [3.8, 4) is 22.5 Å². The Morgan fingerprint density at radius 1 is 0.788 bits per heavy atom. The molecule has 6 nitrogen and oxygen atoms in total. The molecule has 0 unspecified atom stereocenters. The molecule has 0 aliphatic heterocycles. The Morgan fingerprint density at radius 2 is 1.36 bits per heavy atom. The molecular weight excluding hydrogens is 430 g/mol. The van der Waals surface area contributed by atoms with Gasteiger partial charge in [-0.1, -0.05) is 71.8 Å². The number of benzene rings is 3. The summed E-state index contributed by atoms with van der Waals surface area (Å²) in [6.45, 7) is 4.09. The summed E-state index contributed by atoms with van der Waals surface area (Å²) in [7, 11) is 0. The fourth-order valence-corrected chi connectivity index (χ4v) is 4.05. The van der Waals surface area contributed by atoms with Gasteiger partial charge >= 0.3 is 0 Å². The largest absolute Gasteiger partial charge is 0.332 e. The second-order valence-electron chi connectivity index (χ2n) is 7.77. The van der Waals surface area contributed by atoms with Crippen molar-refractivity contribution in [2.24, 2.45) is 0 Å². The molecule has 2 N–H and O–H groups in total. The van der Waals surface area contributed by atoms with Gasteiger partial charge in [-0.15, -0.1) is 0 Å². The molecule has 0 aliphatic carbocycles. The third-order valence-electron chi connectivity index (χ3n) is 5.19. The topological polar surface area (TPSA) is 83.6 Å². The van der Waals surface area contributed by atoms with Crippen molar-refractivity contribution in [1.82, 2.24) is 19.9 Å². The zero-order valence-electron chi connectivity index (χ0n) is 18.2. The summed E-state index contributed by atoms with van der Waals surface area (Å²) in [6, 6.07) is 25.8. The van der Waals surface area contributed by atoms with Crippen molar-refractivity contribution in [1.29, 1.82) is 0 Å². The van der Waals surface area contributed by atoms with Crippen molar-refractivity contribution in [2.75, 3.05) is 5.32 Å². The van der Waals surface area contributed by atoms with Gasteiger partial charge in [-0.2, -0.15) is 0 Å². The quantitative estimate of drug-likeness (QED) is 0.300. The van der Waals surface area contributed by atoms with E-state index < -0.39 is 0 Å². The molecule has 5 aromatic rings. The molecule has 0 radical (unpaired) electrons. The lowest BCUT2D eigenvalue weighted by Gasteiger charge is -2.10. The first-order valence-corrected chi connectivity index (χ1v) is 11.3. The van der Waals surface area contributed by atoms with Gasteiger partial charge in [0, 0.05) is 22.9 Å². The van der Waals surface area contributed by atoms with Crippen LogP contribution in [0.5, 0.6) is 0 Å². The van der Waals surface area contributed by atoms with E-state index in [4.69, 9.17) is 0 Å². The number of para-hydroxylation sites is 2. The molecule has 7 heteroatoms. The number of carbonyl (C=O) groups is 1. The lowest BCUT2D eigenvalue weighted by molar-refractivity contribution is 0.269. The van der Waals surface area contributed by atoms with Gasteiger partial charge in [0.15, 0.2) is 5.16 Å². The maximum atomic E-state index is 12.8. The second kappa shape index (κ2) is 8.88. The Hall–Kier alpha value is -3.97. The minimum absolute atomic E-state index is 0.247. The minimum atomic E-state index is -0.315. The Balaban J connectivity index is 1.46. The molecule has 0 saturated heterocycles. The highest BCUT2D eigenvalue weighted by atomic mass is 32.2. The van der Waals surface area contributed by atoms with Gasteiger partial charge in [0.25, 0.3) is 5.24 Å². The van der Waals surface area contributed by atoms with Gasteiger partial charge in [0.1, 0.15) is 0 Å². The molecule has 3 aromatic carbocycles. The highest BCUT2D eigenvalue weighted by Gasteiger charge is 2.14. The normalized spacial score (nSPS) is 11.0. The van der Waals surface area contributed by atoms with Crippen LogP contribution < -0.4 is 5.32 Å². The number of hydrogen-bond donors (Lipinski definition) is 2. The number of amides is 1. The number of H-pyrrole nitrogens is 1. The number of aromatic nitrogens is 4. The Kier molecular flexibility index (Phi) is 5.62. The molecule has 0 aliphatic rings. The van der Waals surface area contributed by atoms with Crippen LogP contribution in [0, 0.1) is 13.8 Å². The van der Waals surface area contributed by atoms with Gasteiger partial charge in [0.05, 0.1) is 22.4 Å². The molecule has 1 amide bonds. The predicted molar refractivity (Wildman–Crippen MR) is 133 cm³/mol. The van der Waals surface area contributed by atoms with Crippen LogP contribution in [0.3, 0.4) is 0 Å². The maximum absolute atomic E-state index is 12.8. The molecule has 0 spiro atoms. The Bertz CT molecular complexity index is 1350. The van der Waals surface area contributed by atoms with Crippen molar-refractivity contribution >= 4 is 34.0 Å². The summed E-state index contributed by atoms with van der Waals surface area (Å²) < 4.78 is 0. The van der Waals surface area contributed by atoms with E-state index in [0.29, 0.717) is 5.16 Å². The van der Waals surface area contributed by atoms with Crippen molar-refractivity contribution in [2.45, 2.75) is 19.0 Å². The van der Waals surface area contributed by atoms with Gasteiger partial charge in [-0.3, -0.25) is 10.1 Å². The summed E-state index contributed by atoms with van der Waals surface area (Å²) >= 11 is 0.975. The molecule has 0 saturated carbocycles. The third-order valence-corrected chi connectivity index (χ3v) is 5.87. The van der Waals surface area contributed by atoms with Crippen molar-refractivity contribution in [3.63, 3.8) is 0 Å². The van der Waals surface area contributed by atoms with E-state index in [1.165, 1.54) is 11.1 Å². The number of rotatable bonds is 4. The standard InChI is InChI=1S/C26H21N5OS/c1-16-7-11-18(12-8-16)22-15-23(19-13-9-17(2)10-14-19)28-24(27-22)31-26(32)33-25-29-20-5-3-4-6-21(20)30-25/h3-15H,1-2H3,(H,29,30)(H,27,28,31,32). The highest BCUT2D eigenvalue weighted by molar-refractivity contribution is 8.13. The molecule has 162 valence electrons. The van der Waals surface area contributed by atoms with Gasteiger partial charge in [-0.05, 0) is 32.0 Å². The van der Waals surface area contributed by atoms with Crippen LogP contribution in [0.25, 0.3) is 33.5 Å². The van der Waals surface area contributed by atoms with Gasteiger partial charge in [-0.25, -0.2) is 15.0 Å². The number of imidazole rings is 1. The first-order valence-electron chi connectivity index (χ1n) is 10.5. The average molecular weight is 452 g/mol. The van der Waals surface area contributed by atoms with Crippen LogP contribution in [-0.2, 0) is 0 Å². The number of nitrogens with zero attached hydrogens (tertiary/aromatic N) is 3. The summed E-state index contributed by atoms with van der Waals surface area (Å²) in [5.41, 5.74) is 7.42. The van der Waals surface area contributed by atoms with Gasteiger partial charge in [0.2, 0.25) is 5.95 Å². The molecule has 2 aromatic heterocycles. The highest BCUT2D eigenvalue weighted by Crippen LogP contribution is 2.27. The summed E-state index contributed by atoms with van der Waals surface area (Å²) in [4.78, 5) is 29.6. The van der Waals surface area contributed by atoms with Crippen LogP contribution in [0.15, 0.2) is 84.0 Å². The van der Waals surface area contributed by atoms with E-state index in [0.717, 1.165) is 45.3 Å². The molecule has 33 heavy (non-hydrogen) atoms. The fourth-order valence-electron chi connectivity index (χ4n) is 3.43. The molecule has 5 rings (SSSR count). The summed E-state index contributed by atoms with van der Waals surface area (Å²) in [6.07, 6.45) is 0. The number of aryl methyl sites for hydroxylation is 2. The maximum Gasteiger partial charge on any atom is 0.293 e. The van der Waals surface area contributed by atoms with Crippen molar-refractivity contribution in [3.05, 3.63) is 90.0 Å². The Morgan fingerprint density at radius 3 is 1.94 bits per heavy atom. The molecule has 0 fully saturated rings. The third kappa shape index (κ3) is 4.78. The Labute approximate surface area is 195 Å². The minimum Gasteiger partial charge on any atom is -0.332 e. The summed E-state index contributed by atoms with van der Waals surface area (Å²) in [5.74, 6) is 0.247. The van der Waals surface area contributed by atoms with Crippen LogP contribution in [-0.4, -0.2) is 25.2 Å². The average Bonchev–Trinajstić information content (AvgIpc) is 3.22. The van der Waals surface area contributed by atoms with Crippen LogP contribution in [0.2, 0.25) is 0 Å². The summed E-state index contributed by atoms with van der Waals surface area (Å²) in [5, 5.41) is 3.02. The first kappa shape index (κ1) is 20.9.